The Bertz CT molecular complexity index is 396. The van der Waals surface area contributed by atoms with E-state index in [1.165, 1.54) is 18.5 Å². The maximum Gasteiger partial charge on any atom is 0.227 e. The zero-order chi connectivity index (χ0) is 15.0. The number of hydrogen-bond acceptors (Lipinski definition) is 2. The van der Waals surface area contributed by atoms with Crippen LogP contribution in [0.25, 0.3) is 0 Å². The molecule has 0 unspecified atom stereocenters. The van der Waals surface area contributed by atoms with Crippen molar-refractivity contribution >= 4 is 17.3 Å². The van der Waals surface area contributed by atoms with E-state index in [-0.39, 0.29) is 11.8 Å². The van der Waals surface area contributed by atoms with Crippen molar-refractivity contribution in [1.29, 1.82) is 0 Å². The third-order valence-corrected chi connectivity index (χ3v) is 3.78. The molecule has 20 heavy (non-hydrogen) atoms. The Balaban J connectivity index is 2.60. The molecule has 0 spiro atoms. The van der Waals surface area contributed by atoms with Crippen LogP contribution in [0.4, 0.5) is 11.4 Å². The highest BCUT2D eigenvalue weighted by atomic mass is 16.1. The molecule has 3 nitrogen and oxygen atoms in total. The highest BCUT2D eigenvalue weighted by molar-refractivity contribution is 5.92. The third kappa shape index (κ3) is 4.87. The van der Waals surface area contributed by atoms with Crippen LogP contribution in [0.2, 0.25) is 0 Å². The Morgan fingerprint density at radius 3 is 2.25 bits per heavy atom. The fourth-order valence-electron chi connectivity index (χ4n) is 2.23. The van der Waals surface area contributed by atoms with Crippen LogP contribution in [-0.2, 0) is 4.79 Å². The predicted molar refractivity (Wildman–Crippen MR) is 87.3 cm³/mol. The topological polar surface area (TPSA) is 32.3 Å². The number of nitrogens with one attached hydrogen (secondary N) is 1. The van der Waals surface area contributed by atoms with E-state index in [1.807, 2.05) is 12.1 Å². The van der Waals surface area contributed by atoms with Crippen molar-refractivity contribution in [1.82, 2.24) is 0 Å². The summed E-state index contributed by atoms with van der Waals surface area (Å²) in [5, 5.41) is 3.00. The number of carbonyl (C=O) groups excluding carboxylic acids is 1. The normalized spacial score (nSPS) is 10.7. The largest absolute Gasteiger partial charge is 0.375 e. The summed E-state index contributed by atoms with van der Waals surface area (Å²) in [5.41, 5.74) is 2.08. The SMILES string of the molecule is CCCCN(C)c1ccc(NC(=O)C(CC)CC)cc1. The van der Waals surface area contributed by atoms with E-state index in [2.05, 4.69) is 50.2 Å². The smallest absolute Gasteiger partial charge is 0.227 e. The number of nitrogens with zero attached hydrogens (tertiary/aromatic N) is 1. The van der Waals surface area contributed by atoms with Gasteiger partial charge in [-0.15, -0.1) is 0 Å². The summed E-state index contributed by atoms with van der Waals surface area (Å²) in [4.78, 5) is 14.3. The van der Waals surface area contributed by atoms with Crippen molar-refractivity contribution in [2.24, 2.45) is 5.92 Å². The minimum absolute atomic E-state index is 0.113. The van der Waals surface area contributed by atoms with Crippen LogP contribution in [0.3, 0.4) is 0 Å². The molecule has 1 aromatic carbocycles. The zero-order valence-electron chi connectivity index (χ0n) is 13.3. The van der Waals surface area contributed by atoms with Gasteiger partial charge < -0.3 is 10.2 Å². The van der Waals surface area contributed by atoms with Gasteiger partial charge in [-0.2, -0.15) is 0 Å². The third-order valence-electron chi connectivity index (χ3n) is 3.78. The number of hydrogen-bond donors (Lipinski definition) is 1. The van der Waals surface area contributed by atoms with Crippen molar-refractivity contribution in [3.05, 3.63) is 24.3 Å². The molecule has 0 saturated carbocycles. The maximum atomic E-state index is 12.0. The van der Waals surface area contributed by atoms with E-state index >= 15 is 0 Å². The molecule has 0 aromatic heterocycles. The van der Waals surface area contributed by atoms with Crippen LogP contribution in [0.15, 0.2) is 24.3 Å². The van der Waals surface area contributed by atoms with Crippen molar-refractivity contribution in [3.63, 3.8) is 0 Å². The van der Waals surface area contributed by atoms with E-state index in [4.69, 9.17) is 0 Å². The van der Waals surface area contributed by atoms with Crippen molar-refractivity contribution in [2.75, 3.05) is 23.8 Å². The van der Waals surface area contributed by atoms with Crippen molar-refractivity contribution < 1.29 is 4.79 Å². The lowest BCUT2D eigenvalue weighted by molar-refractivity contribution is -0.120. The fraction of sp³-hybridized carbons (Fsp3) is 0.588. The number of rotatable bonds is 8. The summed E-state index contributed by atoms with van der Waals surface area (Å²) in [7, 11) is 2.10. The highest BCUT2D eigenvalue weighted by Gasteiger charge is 2.13. The van der Waals surface area contributed by atoms with Crippen molar-refractivity contribution in [2.45, 2.75) is 46.5 Å². The van der Waals surface area contributed by atoms with Crippen LogP contribution < -0.4 is 10.2 Å². The summed E-state index contributed by atoms with van der Waals surface area (Å²) in [5.74, 6) is 0.240. The molecular weight excluding hydrogens is 248 g/mol. The molecule has 0 aliphatic rings. The fourth-order valence-corrected chi connectivity index (χ4v) is 2.23. The van der Waals surface area contributed by atoms with Gasteiger partial charge in [-0.05, 0) is 43.5 Å². The average molecular weight is 276 g/mol. The van der Waals surface area contributed by atoms with Crippen LogP contribution in [0, 0.1) is 5.92 Å². The van der Waals surface area contributed by atoms with Gasteiger partial charge in [-0.3, -0.25) is 4.79 Å². The minimum Gasteiger partial charge on any atom is -0.375 e. The number of benzene rings is 1. The second-order valence-corrected chi connectivity index (χ2v) is 5.32. The van der Waals surface area contributed by atoms with Crippen molar-refractivity contribution in [3.8, 4) is 0 Å². The Hall–Kier alpha value is -1.51. The first-order valence-electron chi connectivity index (χ1n) is 7.74. The molecule has 0 atom stereocenters. The summed E-state index contributed by atoms with van der Waals surface area (Å²) >= 11 is 0. The first-order valence-corrected chi connectivity index (χ1v) is 7.74. The summed E-state index contributed by atoms with van der Waals surface area (Å²) in [6.45, 7) is 7.37. The lowest BCUT2D eigenvalue weighted by Crippen LogP contribution is -2.22. The Morgan fingerprint density at radius 1 is 1.15 bits per heavy atom. The molecule has 1 rings (SSSR count). The van der Waals surface area contributed by atoms with Crippen LogP contribution >= 0.6 is 0 Å². The number of unbranched alkanes of at least 4 members (excludes halogenated alkanes) is 1. The van der Waals surface area contributed by atoms with Gasteiger partial charge in [-0.1, -0.05) is 27.2 Å². The van der Waals surface area contributed by atoms with Gasteiger partial charge in [0.1, 0.15) is 0 Å². The van der Waals surface area contributed by atoms with Crippen LogP contribution in [0.1, 0.15) is 46.5 Å². The lowest BCUT2D eigenvalue weighted by Gasteiger charge is -2.19. The lowest BCUT2D eigenvalue weighted by atomic mass is 10.0. The molecule has 0 aliphatic carbocycles. The Morgan fingerprint density at radius 2 is 1.75 bits per heavy atom. The van der Waals surface area contributed by atoms with E-state index in [0.29, 0.717) is 0 Å². The molecule has 0 radical (unpaired) electrons. The second kappa shape index (κ2) is 8.62. The summed E-state index contributed by atoms with van der Waals surface area (Å²) in [6.07, 6.45) is 4.18. The van der Waals surface area contributed by atoms with Crippen LogP contribution in [-0.4, -0.2) is 19.5 Å². The van der Waals surface area contributed by atoms with Gasteiger partial charge >= 0.3 is 0 Å². The Kier molecular flexibility index (Phi) is 7.13. The van der Waals surface area contributed by atoms with Gasteiger partial charge in [0.15, 0.2) is 0 Å². The molecule has 0 bridgehead atoms. The van der Waals surface area contributed by atoms with Gasteiger partial charge in [0, 0.05) is 30.9 Å². The van der Waals surface area contributed by atoms with Gasteiger partial charge in [-0.25, -0.2) is 0 Å². The van der Waals surface area contributed by atoms with E-state index in [0.717, 1.165) is 25.1 Å². The minimum atomic E-state index is 0.113. The number of anilines is 2. The van der Waals surface area contributed by atoms with Crippen LogP contribution in [0.5, 0.6) is 0 Å². The first kappa shape index (κ1) is 16.5. The molecule has 112 valence electrons. The number of amides is 1. The molecular formula is C17H28N2O. The molecule has 1 N–H and O–H groups in total. The average Bonchev–Trinajstić information content (AvgIpc) is 2.46. The molecule has 1 aromatic rings. The zero-order valence-corrected chi connectivity index (χ0v) is 13.3. The van der Waals surface area contributed by atoms with Gasteiger partial charge in [0.05, 0.1) is 0 Å². The molecule has 0 saturated heterocycles. The molecule has 0 aliphatic heterocycles. The molecule has 0 heterocycles. The van der Waals surface area contributed by atoms with Gasteiger partial charge in [0.2, 0.25) is 5.91 Å². The standard InChI is InChI=1S/C17H28N2O/c1-5-8-13-19(4)16-11-9-15(10-12-16)18-17(20)14(6-2)7-3/h9-12,14H,5-8,13H2,1-4H3,(H,18,20). The number of carbonyl (C=O) groups is 1. The highest BCUT2D eigenvalue weighted by Crippen LogP contribution is 2.18. The quantitative estimate of drug-likeness (QED) is 0.768. The molecule has 1 amide bonds. The first-order chi connectivity index (χ1) is 9.62. The Labute approximate surface area is 123 Å². The molecule has 3 heteroatoms. The second-order valence-electron chi connectivity index (χ2n) is 5.32. The van der Waals surface area contributed by atoms with E-state index < -0.39 is 0 Å². The monoisotopic (exact) mass is 276 g/mol. The summed E-state index contributed by atoms with van der Waals surface area (Å²) < 4.78 is 0. The van der Waals surface area contributed by atoms with E-state index in [9.17, 15) is 4.79 Å². The summed E-state index contributed by atoms with van der Waals surface area (Å²) in [6, 6.07) is 8.10. The van der Waals surface area contributed by atoms with Gasteiger partial charge in [0.25, 0.3) is 0 Å². The maximum absolute atomic E-state index is 12.0. The molecule has 0 fully saturated rings. The van der Waals surface area contributed by atoms with E-state index in [1.54, 1.807) is 0 Å². The predicted octanol–water partition coefficient (Wildman–Crippen LogP) is 4.30.